The van der Waals surface area contributed by atoms with Crippen LogP contribution in [0.2, 0.25) is 0 Å². The Bertz CT molecular complexity index is 351. The minimum absolute atomic E-state index is 0.0209. The zero-order chi connectivity index (χ0) is 11.7. The van der Waals surface area contributed by atoms with Crippen molar-refractivity contribution in [3.05, 3.63) is 11.7 Å². The molecule has 2 rings (SSSR count). The highest BCUT2D eigenvalue weighted by Crippen LogP contribution is 2.27. The molecule has 0 bridgehead atoms. The van der Waals surface area contributed by atoms with Crippen LogP contribution in [0.25, 0.3) is 0 Å². The molecule has 1 aliphatic rings. The van der Waals surface area contributed by atoms with Crippen molar-refractivity contribution in [3.63, 3.8) is 0 Å². The normalized spacial score (nSPS) is 27.6. The number of rotatable bonds is 3. The fourth-order valence-electron chi connectivity index (χ4n) is 1.88. The summed E-state index contributed by atoms with van der Waals surface area (Å²) in [7, 11) is 0. The fraction of sp³-hybridized carbons (Fsp3) is 0.818. The highest BCUT2D eigenvalue weighted by Gasteiger charge is 2.31. The molecule has 1 fully saturated rings. The Balaban J connectivity index is 2.05. The molecule has 1 aliphatic heterocycles. The van der Waals surface area contributed by atoms with Crippen molar-refractivity contribution in [2.75, 3.05) is 0 Å². The first-order valence-electron chi connectivity index (χ1n) is 5.82. The molecule has 0 spiro atoms. The standard InChI is InChI=1S/C11H19N3O2/c1-6(2)11-13-10(14-16-11)9(12)8-5-4-7(3)15-8/h6-9H,4-5,12H2,1-3H3. The first kappa shape index (κ1) is 11.5. The van der Waals surface area contributed by atoms with Crippen LogP contribution in [0.5, 0.6) is 0 Å². The Labute approximate surface area is 95.3 Å². The SMILES string of the molecule is CC1CCC(C(N)c2noc(C(C)C)n2)O1. The first-order chi connectivity index (χ1) is 7.58. The fourth-order valence-corrected chi connectivity index (χ4v) is 1.88. The summed E-state index contributed by atoms with van der Waals surface area (Å²) >= 11 is 0. The largest absolute Gasteiger partial charge is 0.373 e. The van der Waals surface area contributed by atoms with Gasteiger partial charge < -0.3 is 15.0 Å². The molecule has 1 aromatic heterocycles. The number of hydrogen-bond donors (Lipinski definition) is 1. The molecular weight excluding hydrogens is 206 g/mol. The van der Waals surface area contributed by atoms with Crippen molar-refractivity contribution in [2.45, 2.75) is 57.8 Å². The highest BCUT2D eigenvalue weighted by atomic mass is 16.5. The maximum absolute atomic E-state index is 6.07. The van der Waals surface area contributed by atoms with Gasteiger partial charge in [-0.15, -0.1) is 0 Å². The number of nitrogens with two attached hydrogens (primary N) is 1. The van der Waals surface area contributed by atoms with E-state index in [0.29, 0.717) is 11.7 Å². The van der Waals surface area contributed by atoms with Gasteiger partial charge in [0.05, 0.1) is 18.2 Å². The maximum Gasteiger partial charge on any atom is 0.229 e. The van der Waals surface area contributed by atoms with Crippen molar-refractivity contribution >= 4 is 0 Å². The topological polar surface area (TPSA) is 74.2 Å². The molecule has 3 unspecified atom stereocenters. The average molecular weight is 225 g/mol. The summed E-state index contributed by atoms with van der Waals surface area (Å²) in [4.78, 5) is 4.30. The number of aromatic nitrogens is 2. The summed E-state index contributed by atoms with van der Waals surface area (Å²) in [6.07, 6.45) is 2.32. The van der Waals surface area contributed by atoms with E-state index in [4.69, 9.17) is 15.0 Å². The third-order valence-corrected chi connectivity index (χ3v) is 2.91. The summed E-state index contributed by atoms with van der Waals surface area (Å²) in [6.45, 7) is 6.08. The van der Waals surface area contributed by atoms with Gasteiger partial charge in [0.1, 0.15) is 0 Å². The number of hydrogen-bond acceptors (Lipinski definition) is 5. The van der Waals surface area contributed by atoms with E-state index >= 15 is 0 Å². The lowest BCUT2D eigenvalue weighted by Crippen LogP contribution is -2.27. The first-order valence-corrected chi connectivity index (χ1v) is 5.82. The van der Waals surface area contributed by atoms with Gasteiger partial charge in [0.15, 0.2) is 5.82 Å². The van der Waals surface area contributed by atoms with E-state index in [-0.39, 0.29) is 24.2 Å². The van der Waals surface area contributed by atoms with Crippen molar-refractivity contribution < 1.29 is 9.26 Å². The minimum Gasteiger partial charge on any atom is -0.373 e. The molecule has 0 aromatic carbocycles. The molecule has 90 valence electrons. The molecule has 3 atom stereocenters. The molecule has 0 amide bonds. The van der Waals surface area contributed by atoms with E-state index < -0.39 is 0 Å². The third-order valence-electron chi connectivity index (χ3n) is 2.91. The molecule has 16 heavy (non-hydrogen) atoms. The van der Waals surface area contributed by atoms with Crippen molar-refractivity contribution in [3.8, 4) is 0 Å². The Morgan fingerprint density at radius 3 is 2.62 bits per heavy atom. The summed E-state index contributed by atoms with van der Waals surface area (Å²) in [5, 5.41) is 3.92. The van der Waals surface area contributed by atoms with E-state index in [1.54, 1.807) is 0 Å². The number of ether oxygens (including phenoxy) is 1. The van der Waals surface area contributed by atoms with Crippen LogP contribution in [0.3, 0.4) is 0 Å². The zero-order valence-corrected chi connectivity index (χ0v) is 10.0. The predicted molar refractivity (Wildman–Crippen MR) is 58.9 cm³/mol. The lowest BCUT2D eigenvalue weighted by molar-refractivity contribution is 0.0380. The van der Waals surface area contributed by atoms with Crippen LogP contribution in [0.4, 0.5) is 0 Å². The molecule has 2 heterocycles. The Kier molecular flexibility index (Phi) is 3.25. The lowest BCUT2D eigenvalue weighted by Gasteiger charge is -2.15. The average Bonchev–Trinajstić information content (AvgIpc) is 2.84. The van der Waals surface area contributed by atoms with Crippen LogP contribution < -0.4 is 5.73 Å². The Morgan fingerprint density at radius 1 is 1.38 bits per heavy atom. The lowest BCUT2D eigenvalue weighted by atomic mass is 10.1. The molecule has 0 saturated carbocycles. The highest BCUT2D eigenvalue weighted by molar-refractivity contribution is 4.99. The van der Waals surface area contributed by atoms with Crippen molar-refractivity contribution in [2.24, 2.45) is 5.73 Å². The molecule has 2 N–H and O–H groups in total. The van der Waals surface area contributed by atoms with Gasteiger partial charge in [0.25, 0.3) is 0 Å². The van der Waals surface area contributed by atoms with E-state index in [0.717, 1.165) is 12.8 Å². The summed E-state index contributed by atoms with van der Waals surface area (Å²) in [5.74, 6) is 1.43. The van der Waals surface area contributed by atoms with E-state index in [1.165, 1.54) is 0 Å². The van der Waals surface area contributed by atoms with E-state index in [1.807, 2.05) is 13.8 Å². The molecule has 0 aliphatic carbocycles. The van der Waals surface area contributed by atoms with Gasteiger partial charge in [-0.3, -0.25) is 0 Å². The molecule has 1 aromatic rings. The van der Waals surface area contributed by atoms with Gasteiger partial charge in [-0.1, -0.05) is 19.0 Å². The maximum atomic E-state index is 6.07. The van der Waals surface area contributed by atoms with Gasteiger partial charge in [-0.2, -0.15) is 4.98 Å². The monoisotopic (exact) mass is 225 g/mol. The molecule has 5 heteroatoms. The van der Waals surface area contributed by atoms with Crippen LogP contribution in [-0.2, 0) is 4.74 Å². The summed E-state index contributed by atoms with van der Waals surface area (Å²) < 4.78 is 10.8. The second kappa shape index (κ2) is 4.51. The summed E-state index contributed by atoms with van der Waals surface area (Å²) in [5.41, 5.74) is 6.07. The van der Waals surface area contributed by atoms with Gasteiger partial charge in [-0.25, -0.2) is 0 Å². The quantitative estimate of drug-likeness (QED) is 0.848. The molecule has 0 radical (unpaired) electrons. The molecule has 5 nitrogen and oxygen atoms in total. The Hall–Kier alpha value is -0.940. The second-order valence-electron chi connectivity index (χ2n) is 4.73. The molecule has 1 saturated heterocycles. The van der Waals surface area contributed by atoms with Gasteiger partial charge in [-0.05, 0) is 19.8 Å². The summed E-state index contributed by atoms with van der Waals surface area (Å²) in [6, 6.07) is -0.277. The van der Waals surface area contributed by atoms with Crippen LogP contribution in [-0.4, -0.2) is 22.3 Å². The van der Waals surface area contributed by atoms with Crippen molar-refractivity contribution in [1.82, 2.24) is 10.1 Å². The minimum atomic E-state index is -0.277. The van der Waals surface area contributed by atoms with Crippen LogP contribution in [0, 0.1) is 0 Å². The van der Waals surface area contributed by atoms with Crippen LogP contribution >= 0.6 is 0 Å². The van der Waals surface area contributed by atoms with Gasteiger partial charge in [0.2, 0.25) is 5.89 Å². The third kappa shape index (κ3) is 2.25. The van der Waals surface area contributed by atoms with Crippen molar-refractivity contribution in [1.29, 1.82) is 0 Å². The second-order valence-corrected chi connectivity index (χ2v) is 4.73. The Morgan fingerprint density at radius 2 is 2.12 bits per heavy atom. The van der Waals surface area contributed by atoms with E-state index in [9.17, 15) is 0 Å². The van der Waals surface area contributed by atoms with Crippen LogP contribution in [0.15, 0.2) is 4.52 Å². The van der Waals surface area contributed by atoms with E-state index in [2.05, 4.69) is 17.1 Å². The predicted octanol–water partition coefficient (Wildman–Crippen LogP) is 1.76. The van der Waals surface area contributed by atoms with Gasteiger partial charge >= 0.3 is 0 Å². The zero-order valence-electron chi connectivity index (χ0n) is 10.0. The molecular formula is C11H19N3O2. The smallest absolute Gasteiger partial charge is 0.229 e. The van der Waals surface area contributed by atoms with Gasteiger partial charge in [0, 0.05) is 5.92 Å². The number of nitrogens with zero attached hydrogens (tertiary/aromatic N) is 2. The van der Waals surface area contributed by atoms with Crippen LogP contribution in [0.1, 0.15) is 57.3 Å².